The number of nitro groups is 1. The highest BCUT2D eigenvalue weighted by molar-refractivity contribution is 5.59. The Balaban J connectivity index is 2.35. The Hall–Kier alpha value is -1.62. The van der Waals surface area contributed by atoms with Crippen LogP contribution in [-0.4, -0.2) is 30.6 Å². The van der Waals surface area contributed by atoms with Gasteiger partial charge in [0.25, 0.3) is 5.69 Å². The summed E-state index contributed by atoms with van der Waals surface area (Å²) in [6.07, 6.45) is 0. The summed E-state index contributed by atoms with van der Waals surface area (Å²) in [4.78, 5) is 12.7. The van der Waals surface area contributed by atoms with Gasteiger partial charge in [-0.15, -0.1) is 0 Å². The minimum absolute atomic E-state index is 0.163. The van der Waals surface area contributed by atoms with Gasteiger partial charge in [0.1, 0.15) is 0 Å². The molecule has 0 bridgehead atoms. The monoisotopic (exact) mass is 235 g/mol. The van der Waals surface area contributed by atoms with Crippen molar-refractivity contribution in [3.05, 3.63) is 33.9 Å². The largest absolute Gasteiger partial charge is 0.366 e. The first-order chi connectivity index (χ1) is 8.09. The molecule has 5 nitrogen and oxygen atoms in total. The Bertz CT molecular complexity index is 434. The number of rotatable bonds is 2. The van der Waals surface area contributed by atoms with Gasteiger partial charge in [-0.2, -0.15) is 0 Å². The van der Waals surface area contributed by atoms with Crippen LogP contribution >= 0.6 is 0 Å². The zero-order valence-corrected chi connectivity index (χ0v) is 10.1. The molecule has 1 aliphatic heterocycles. The number of nitrogens with one attached hydrogen (secondary N) is 1. The fraction of sp³-hybridized carbons (Fsp3) is 0.500. The second kappa shape index (κ2) is 4.71. The van der Waals surface area contributed by atoms with Crippen molar-refractivity contribution in [1.29, 1.82) is 0 Å². The summed E-state index contributed by atoms with van der Waals surface area (Å²) in [7, 11) is 0. The van der Waals surface area contributed by atoms with E-state index in [1.54, 1.807) is 12.1 Å². The predicted octanol–water partition coefficient (Wildman–Crippen LogP) is 1.70. The molecule has 0 aliphatic carbocycles. The molecule has 1 N–H and O–H groups in total. The molecule has 0 amide bonds. The van der Waals surface area contributed by atoms with E-state index in [9.17, 15) is 10.1 Å². The van der Waals surface area contributed by atoms with Gasteiger partial charge < -0.3 is 10.2 Å². The molecular formula is C12H17N3O2. The van der Waals surface area contributed by atoms with Gasteiger partial charge in [-0.1, -0.05) is 6.07 Å². The van der Waals surface area contributed by atoms with Crippen LogP contribution < -0.4 is 10.2 Å². The van der Waals surface area contributed by atoms with Gasteiger partial charge in [0.05, 0.1) is 4.92 Å². The molecule has 1 atom stereocenters. The number of aryl methyl sites for hydroxylation is 1. The summed E-state index contributed by atoms with van der Waals surface area (Å²) in [6, 6.07) is 5.43. The van der Waals surface area contributed by atoms with Gasteiger partial charge >= 0.3 is 0 Å². The van der Waals surface area contributed by atoms with Crippen molar-refractivity contribution in [1.82, 2.24) is 5.32 Å². The van der Waals surface area contributed by atoms with Crippen molar-refractivity contribution in [2.24, 2.45) is 0 Å². The van der Waals surface area contributed by atoms with Crippen LogP contribution in [0.15, 0.2) is 18.2 Å². The normalized spacial score (nSPS) is 20.4. The molecule has 1 aromatic carbocycles. The van der Waals surface area contributed by atoms with E-state index in [1.165, 1.54) is 0 Å². The predicted molar refractivity (Wildman–Crippen MR) is 67.5 cm³/mol. The van der Waals surface area contributed by atoms with E-state index in [-0.39, 0.29) is 10.6 Å². The zero-order chi connectivity index (χ0) is 12.4. The molecule has 92 valence electrons. The molecule has 17 heavy (non-hydrogen) atoms. The molecule has 0 radical (unpaired) electrons. The molecule has 1 saturated heterocycles. The Kier molecular flexibility index (Phi) is 3.28. The van der Waals surface area contributed by atoms with Crippen molar-refractivity contribution in [2.45, 2.75) is 19.9 Å². The van der Waals surface area contributed by atoms with E-state index < -0.39 is 0 Å². The molecular weight excluding hydrogens is 218 g/mol. The maximum Gasteiger partial charge on any atom is 0.271 e. The molecule has 0 saturated carbocycles. The third-order valence-electron chi connectivity index (χ3n) is 3.21. The van der Waals surface area contributed by atoms with E-state index in [4.69, 9.17) is 0 Å². The number of benzene rings is 1. The molecule has 1 heterocycles. The van der Waals surface area contributed by atoms with Crippen molar-refractivity contribution in [3.63, 3.8) is 0 Å². The van der Waals surface area contributed by atoms with Crippen LogP contribution in [0.1, 0.15) is 12.5 Å². The van der Waals surface area contributed by atoms with Gasteiger partial charge in [0, 0.05) is 43.5 Å². The third-order valence-corrected chi connectivity index (χ3v) is 3.21. The Labute approximate surface area is 101 Å². The molecule has 1 aromatic rings. The fourth-order valence-corrected chi connectivity index (χ4v) is 2.22. The first-order valence-corrected chi connectivity index (χ1v) is 5.82. The van der Waals surface area contributed by atoms with E-state index in [0.29, 0.717) is 6.04 Å². The molecule has 1 aliphatic rings. The van der Waals surface area contributed by atoms with E-state index in [1.807, 2.05) is 13.0 Å². The summed E-state index contributed by atoms with van der Waals surface area (Å²) >= 11 is 0. The van der Waals surface area contributed by atoms with Gasteiger partial charge in [0.15, 0.2) is 0 Å². The van der Waals surface area contributed by atoms with Crippen LogP contribution in [0.25, 0.3) is 0 Å². The van der Waals surface area contributed by atoms with Crippen LogP contribution in [0.2, 0.25) is 0 Å². The van der Waals surface area contributed by atoms with Gasteiger partial charge in [-0.3, -0.25) is 10.1 Å². The second-order valence-electron chi connectivity index (χ2n) is 4.47. The second-order valence-corrected chi connectivity index (χ2v) is 4.47. The van der Waals surface area contributed by atoms with Crippen LogP contribution in [-0.2, 0) is 0 Å². The smallest absolute Gasteiger partial charge is 0.271 e. The Morgan fingerprint density at radius 1 is 1.53 bits per heavy atom. The number of hydrogen-bond donors (Lipinski definition) is 1. The molecule has 2 rings (SSSR count). The summed E-state index contributed by atoms with van der Waals surface area (Å²) < 4.78 is 0. The van der Waals surface area contributed by atoms with Gasteiger partial charge in [-0.25, -0.2) is 0 Å². The minimum Gasteiger partial charge on any atom is -0.366 e. The highest BCUT2D eigenvalue weighted by Crippen LogP contribution is 2.27. The standard InChI is InChI=1S/C12H17N3O2/c1-9-3-4-11(15(16)17)7-12(9)14-6-5-13-8-10(14)2/h3-4,7,10,13H,5-6,8H2,1-2H3. The maximum absolute atomic E-state index is 10.8. The van der Waals surface area contributed by atoms with Gasteiger partial charge in [-0.05, 0) is 19.4 Å². The number of nitrogens with zero attached hydrogens (tertiary/aromatic N) is 2. The van der Waals surface area contributed by atoms with Crippen molar-refractivity contribution >= 4 is 11.4 Å². The highest BCUT2D eigenvalue weighted by Gasteiger charge is 2.21. The quantitative estimate of drug-likeness (QED) is 0.626. The lowest BCUT2D eigenvalue weighted by Crippen LogP contribution is -2.50. The first-order valence-electron chi connectivity index (χ1n) is 5.82. The minimum atomic E-state index is -0.337. The summed E-state index contributed by atoms with van der Waals surface area (Å²) in [5.41, 5.74) is 2.23. The average Bonchev–Trinajstić information content (AvgIpc) is 2.30. The number of nitro benzene ring substituents is 1. The lowest BCUT2D eigenvalue weighted by Gasteiger charge is -2.36. The molecule has 0 aromatic heterocycles. The van der Waals surface area contributed by atoms with Crippen molar-refractivity contribution < 1.29 is 4.92 Å². The zero-order valence-electron chi connectivity index (χ0n) is 10.1. The molecule has 1 unspecified atom stereocenters. The van der Waals surface area contributed by atoms with E-state index in [2.05, 4.69) is 17.1 Å². The van der Waals surface area contributed by atoms with Crippen LogP contribution in [0, 0.1) is 17.0 Å². The van der Waals surface area contributed by atoms with Crippen LogP contribution in [0.4, 0.5) is 11.4 Å². The number of hydrogen-bond acceptors (Lipinski definition) is 4. The van der Waals surface area contributed by atoms with Crippen molar-refractivity contribution in [2.75, 3.05) is 24.5 Å². The number of piperazine rings is 1. The molecule has 5 heteroatoms. The van der Waals surface area contributed by atoms with Crippen LogP contribution in [0.3, 0.4) is 0 Å². The first kappa shape index (κ1) is 11.9. The highest BCUT2D eigenvalue weighted by atomic mass is 16.6. The fourth-order valence-electron chi connectivity index (χ4n) is 2.22. The lowest BCUT2D eigenvalue weighted by molar-refractivity contribution is -0.384. The molecule has 1 fully saturated rings. The number of non-ortho nitro benzene ring substituents is 1. The summed E-state index contributed by atoms with van der Waals surface area (Å²) in [5, 5.41) is 14.1. The molecule has 0 spiro atoms. The van der Waals surface area contributed by atoms with E-state index in [0.717, 1.165) is 30.9 Å². The SMILES string of the molecule is Cc1ccc([N+](=O)[O-])cc1N1CCNCC1C. The third kappa shape index (κ3) is 2.39. The summed E-state index contributed by atoms with van der Waals surface area (Å²) in [5.74, 6) is 0. The van der Waals surface area contributed by atoms with E-state index >= 15 is 0 Å². The van der Waals surface area contributed by atoms with Crippen LogP contribution in [0.5, 0.6) is 0 Å². The van der Waals surface area contributed by atoms with Gasteiger partial charge in [0.2, 0.25) is 0 Å². The maximum atomic E-state index is 10.8. The van der Waals surface area contributed by atoms with Crippen molar-refractivity contribution in [3.8, 4) is 0 Å². The topological polar surface area (TPSA) is 58.4 Å². The summed E-state index contributed by atoms with van der Waals surface area (Å²) in [6.45, 7) is 6.86. The Morgan fingerprint density at radius 3 is 2.94 bits per heavy atom. The lowest BCUT2D eigenvalue weighted by atomic mass is 10.1. The Morgan fingerprint density at radius 2 is 2.29 bits per heavy atom. The number of anilines is 1. The average molecular weight is 235 g/mol.